The molecule has 1 amide bonds. The standard InChI is InChI=1S/C19H21NO3/c1-3-13-6-5-7-14(4-2)18(13)20-19(21)15-8-9-16-17(12-15)23-11-10-22-16/h5-9,12H,3-4,10-11H2,1-2H3,(H,20,21). The summed E-state index contributed by atoms with van der Waals surface area (Å²) in [5.41, 5.74) is 3.80. The van der Waals surface area contributed by atoms with Crippen LogP contribution in [0.5, 0.6) is 11.5 Å². The van der Waals surface area contributed by atoms with E-state index in [4.69, 9.17) is 9.47 Å². The molecule has 0 saturated carbocycles. The minimum absolute atomic E-state index is 0.127. The van der Waals surface area contributed by atoms with Gasteiger partial charge in [-0.3, -0.25) is 4.79 Å². The smallest absolute Gasteiger partial charge is 0.255 e. The van der Waals surface area contributed by atoms with E-state index in [1.54, 1.807) is 18.2 Å². The first-order chi connectivity index (χ1) is 11.2. The maximum Gasteiger partial charge on any atom is 0.255 e. The zero-order chi connectivity index (χ0) is 16.2. The van der Waals surface area contributed by atoms with E-state index in [2.05, 4.69) is 31.3 Å². The predicted octanol–water partition coefficient (Wildman–Crippen LogP) is 3.83. The SMILES string of the molecule is CCc1cccc(CC)c1NC(=O)c1ccc2c(c1)OCCO2. The van der Waals surface area contributed by atoms with Crippen LogP contribution in [0.3, 0.4) is 0 Å². The highest BCUT2D eigenvalue weighted by Gasteiger charge is 2.16. The first-order valence-corrected chi connectivity index (χ1v) is 8.04. The van der Waals surface area contributed by atoms with Crippen LogP contribution in [0.25, 0.3) is 0 Å². The van der Waals surface area contributed by atoms with E-state index >= 15 is 0 Å². The number of amides is 1. The van der Waals surface area contributed by atoms with Crippen LogP contribution in [0.2, 0.25) is 0 Å². The van der Waals surface area contributed by atoms with E-state index in [-0.39, 0.29) is 5.91 Å². The Bertz CT molecular complexity index is 702. The van der Waals surface area contributed by atoms with Gasteiger partial charge in [0, 0.05) is 11.3 Å². The molecular weight excluding hydrogens is 290 g/mol. The number of aryl methyl sites for hydroxylation is 2. The number of hydrogen-bond acceptors (Lipinski definition) is 3. The van der Waals surface area contributed by atoms with E-state index in [0.29, 0.717) is 30.3 Å². The molecule has 1 aliphatic rings. The van der Waals surface area contributed by atoms with E-state index in [0.717, 1.165) is 29.7 Å². The second kappa shape index (κ2) is 6.73. The van der Waals surface area contributed by atoms with Crippen molar-refractivity contribution in [2.24, 2.45) is 0 Å². The summed E-state index contributed by atoms with van der Waals surface area (Å²) < 4.78 is 11.0. The highest BCUT2D eigenvalue weighted by atomic mass is 16.6. The van der Waals surface area contributed by atoms with Crippen molar-refractivity contribution >= 4 is 11.6 Å². The molecule has 3 rings (SSSR count). The molecule has 1 aliphatic heterocycles. The molecule has 0 fully saturated rings. The van der Waals surface area contributed by atoms with Gasteiger partial charge < -0.3 is 14.8 Å². The summed E-state index contributed by atoms with van der Waals surface area (Å²) in [7, 11) is 0. The van der Waals surface area contributed by atoms with Crippen molar-refractivity contribution in [1.29, 1.82) is 0 Å². The second-order valence-corrected chi connectivity index (χ2v) is 5.47. The van der Waals surface area contributed by atoms with Gasteiger partial charge >= 0.3 is 0 Å². The number of rotatable bonds is 4. The number of fused-ring (bicyclic) bond motifs is 1. The van der Waals surface area contributed by atoms with Crippen LogP contribution in [0.15, 0.2) is 36.4 Å². The van der Waals surface area contributed by atoms with Crippen molar-refractivity contribution in [2.75, 3.05) is 18.5 Å². The summed E-state index contributed by atoms with van der Waals surface area (Å²) in [5, 5.41) is 3.07. The molecule has 4 heteroatoms. The molecule has 0 aliphatic carbocycles. The number of anilines is 1. The molecule has 0 aromatic heterocycles. The number of hydrogen-bond donors (Lipinski definition) is 1. The fourth-order valence-corrected chi connectivity index (χ4v) is 2.77. The van der Waals surface area contributed by atoms with Gasteiger partial charge in [-0.1, -0.05) is 32.0 Å². The minimum Gasteiger partial charge on any atom is -0.486 e. The van der Waals surface area contributed by atoms with Crippen LogP contribution in [0, 0.1) is 0 Å². The van der Waals surface area contributed by atoms with E-state index in [1.165, 1.54) is 0 Å². The molecule has 0 atom stereocenters. The van der Waals surface area contributed by atoms with Gasteiger partial charge in [-0.15, -0.1) is 0 Å². The predicted molar refractivity (Wildman–Crippen MR) is 90.6 cm³/mol. The van der Waals surface area contributed by atoms with Crippen molar-refractivity contribution in [3.05, 3.63) is 53.1 Å². The Kier molecular flexibility index (Phi) is 4.51. The molecule has 0 unspecified atom stereocenters. The lowest BCUT2D eigenvalue weighted by atomic mass is 10.0. The van der Waals surface area contributed by atoms with Gasteiger partial charge in [0.15, 0.2) is 11.5 Å². The van der Waals surface area contributed by atoms with E-state index in [1.807, 2.05) is 6.07 Å². The van der Waals surface area contributed by atoms with Crippen LogP contribution >= 0.6 is 0 Å². The van der Waals surface area contributed by atoms with Gasteiger partial charge in [0.1, 0.15) is 13.2 Å². The number of carbonyl (C=O) groups excluding carboxylic acids is 1. The lowest BCUT2D eigenvalue weighted by Crippen LogP contribution is -2.18. The Hall–Kier alpha value is -2.49. The van der Waals surface area contributed by atoms with Crippen LogP contribution < -0.4 is 14.8 Å². The van der Waals surface area contributed by atoms with Crippen LogP contribution in [-0.4, -0.2) is 19.1 Å². The van der Waals surface area contributed by atoms with Crippen LogP contribution in [0.1, 0.15) is 35.3 Å². The number of para-hydroxylation sites is 1. The van der Waals surface area contributed by atoms with Gasteiger partial charge in [-0.25, -0.2) is 0 Å². The normalized spacial score (nSPS) is 12.8. The van der Waals surface area contributed by atoms with Crippen LogP contribution in [-0.2, 0) is 12.8 Å². The average molecular weight is 311 g/mol. The van der Waals surface area contributed by atoms with Gasteiger partial charge in [0.05, 0.1) is 0 Å². The van der Waals surface area contributed by atoms with Crippen molar-refractivity contribution in [3.8, 4) is 11.5 Å². The maximum absolute atomic E-state index is 12.6. The molecule has 120 valence electrons. The fourth-order valence-electron chi connectivity index (χ4n) is 2.77. The molecule has 1 N–H and O–H groups in total. The molecule has 0 saturated heterocycles. The van der Waals surface area contributed by atoms with Gasteiger partial charge in [0.2, 0.25) is 0 Å². The summed E-state index contributed by atoms with van der Waals surface area (Å²) in [6.45, 7) is 5.24. The summed E-state index contributed by atoms with van der Waals surface area (Å²) >= 11 is 0. The molecular formula is C19H21NO3. The number of nitrogens with one attached hydrogen (secondary N) is 1. The quantitative estimate of drug-likeness (QED) is 0.933. The van der Waals surface area contributed by atoms with Crippen molar-refractivity contribution in [1.82, 2.24) is 0 Å². The van der Waals surface area contributed by atoms with Crippen molar-refractivity contribution in [3.63, 3.8) is 0 Å². The first kappa shape index (κ1) is 15.4. The summed E-state index contributed by atoms with van der Waals surface area (Å²) in [6, 6.07) is 11.4. The Balaban J connectivity index is 1.88. The van der Waals surface area contributed by atoms with Gasteiger partial charge in [0.25, 0.3) is 5.91 Å². The van der Waals surface area contributed by atoms with E-state index in [9.17, 15) is 4.79 Å². The highest BCUT2D eigenvalue weighted by molar-refractivity contribution is 6.05. The fraction of sp³-hybridized carbons (Fsp3) is 0.316. The zero-order valence-corrected chi connectivity index (χ0v) is 13.5. The third-order valence-electron chi connectivity index (χ3n) is 4.04. The maximum atomic E-state index is 12.6. The largest absolute Gasteiger partial charge is 0.486 e. The number of benzene rings is 2. The highest BCUT2D eigenvalue weighted by Crippen LogP contribution is 2.31. The Morgan fingerprint density at radius 2 is 1.65 bits per heavy atom. The Morgan fingerprint density at radius 3 is 2.30 bits per heavy atom. The third-order valence-corrected chi connectivity index (χ3v) is 4.04. The molecule has 0 bridgehead atoms. The summed E-state index contributed by atoms with van der Waals surface area (Å²) in [4.78, 5) is 12.6. The number of carbonyl (C=O) groups is 1. The monoisotopic (exact) mass is 311 g/mol. The Labute approximate surface area is 136 Å². The van der Waals surface area contributed by atoms with Crippen molar-refractivity contribution in [2.45, 2.75) is 26.7 Å². The van der Waals surface area contributed by atoms with Gasteiger partial charge in [-0.05, 0) is 42.2 Å². The summed E-state index contributed by atoms with van der Waals surface area (Å²) in [6.07, 6.45) is 1.76. The molecule has 4 nitrogen and oxygen atoms in total. The lowest BCUT2D eigenvalue weighted by molar-refractivity contribution is 0.102. The van der Waals surface area contributed by atoms with Gasteiger partial charge in [-0.2, -0.15) is 0 Å². The third kappa shape index (κ3) is 3.16. The Morgan fingerprint density at radius 1 is 1.00 bits per heavy atom. The molecule has 1 heterocycles. The second-order valence-electron chi connectivity index (χ2n) is 5.47. The van der Waals surface area contributed by atoms with Crippen LogP contribution in [0.4, 0.5) is 5.69 Å². The number of ether oxygens (including phenoxy) is 2. The summed E-state index contributed by atoms with van der Waals surface area (Å²) in [5.74, 6) is 1.19. The molecule has 0 spiro atoms. The average Bonchev–Trinajstić information content (AvgIpc) is 2.61. The van der Waals surface area contributed by atoms with Crippen molar-refractivity contribution < 1.29 is 14.3 Å². The molecule has 2 aromatic carbocycles. The topological polar surface area (TPSA) is 47.6 Å². The molecule has 2 aromatic rings. The minimum atomic E-state index is -0.127. The molecule has 0 radical (unpaired) electrons. The lowest BCUT2D eigenvalue weighted by Gasteiger charge is -2.19. The zero-order valence-electron chi connectivity index (χ0n) is 13.5. The molecule has 23 heavy (non-hydrogen) atoms. The van der Waals surface area contributed by atoms with E-state index < -0.39 is 0 Å². The first-order valence-electron chi connectivity index (χ1n) is 8.04.